The molecule has 2 rings (SSSR count). The second kappa shape index (κ2) is 7.72. The molecular weight excluding hydrogens is 268 g/mol. The van der Waals surface area contributed by atoms with E-state index in [1.54, 1.807) is 7.11 Å². The number of fused-ring (bicyclic) bond motifs is 1. The van der Waals surface area contributed by atoms with Crippen LogP contribution in [0.1, 0.15) is 31.7 Å². The zero-order chi connectivity index (χ0) is 14.4. The molecule has 110 valence electrons. The third-order valence-electron chi connectivity index (χ3n) is 3.58. The van der Waals surface area contributed by atoms with E-state index in [2.05, 4.69) is 37.4 Å². The number of methoxy groups -OCH3 is 1. The second-order valence-corrected chi connectivity index (χ2v) is 6.27. The van der Waals surface area contributed by atoms with Crippen molar-refractivity contribution in [1.29, 1.82) is 0 Å². The van der Waals surface area contributed by atoms with Crippen LogP contribution in [0.25, 0.3) is 10.2 Å². The molecule has 4 heteroatoms. The first-order chi connectivity index (χ1) is 9.72. The predicted octanol–water partition coefficient (Wildman–Crippen LogP) is 3.63. The van der Waals surface area contributed by atoms with Crippen LogP contribution < -0.4 is 5.32 Å². The Kier molecular flexibility index (Phi) is 5.95. The molecule has 2 atom stereocenters. The molecule has 0 fully saturated rings. The third-order valence-corrected chi connectivity index (χ3v) is 4.63. The molecule has 0 aliphatic heterocycles. The second-order valence-electron chi connectivity index (χ2n) is 5.16. The minimum absolute atomic E-state index is 0.325. The van der Waals surface area contributed by atoms with Gasteiger partial charge in [0.25, 0.3) is 0 Å². The Morgan fingerprint density at radius 3 is 2.80 bits per heavy atom. The number of thiazole rings is 1. The summed E-state index contributed by atoms with van der Waals surface area (Å²) in [6.45, 7) is 5.28. The maximum atomic E-state index is 5.34. The molecule has 0 saturated heterocycles. The van der Waals surface area contributed by atoms with E-state index in [-0.39, 0.29) is 0 Å². The van der Waals surface area contributed by atoms with E-state index in [0.29, 0.717) is 12.1 Å². The average Bonchev–Trinajstić information content (AvgIpc) is 2.86. The summed E-state index contributed by atoms with van der Waals surface area (Å²) >= 11 is 1.81. The first kappa shape index (κ1) is 15.4. The van der Waals surface area contributed by atoms with Crippen LogP contribution >= 0.6 is 11.3 Å². The smallest absolute Gasteiger partial charge is 0.0954 e. The van der Waals surface area contributed by atoms with Crippen molar-refractivity contribution in [3.63, 3.8) is 0 Å². The molecule has 20 heavy (non-hydrogen) atoms. The van der Waals surface area contributed by atoms with E-state index >= 15 is 0 Å². The highest BCUT2D eigenvalue weighted by Crippen LogP contribution is 2.23. The van der Waals surface area contributed by atoms with Gasteiger partial charge in [0.15, 0.2) is 0 Å². The molecule has 2 aromatic rings. The number of likely N-dealkylation sites (N-methyl/N-ethyl adjacent to an activating group) is 1. The number of hydrogen-bond acceptors (Lipinski definition) is 4. The maximum Gasteiger partial charge on any atom is 0.0954 e. The van der Waals surface area contributed by atoms with Crippen molar-refractivity contribution >= 4 is 21.6 Å². The lowest BCUT2D eigenvalue weighted by Gasteiger charge is -2.18. The Morgan fingerprint density at radius 1 is 1.30 bits per heavy atom. The van der Waals surface area contributed by atoms with E-state index in [9.17, 15) is 0 Å². The fourth-order valence-corrected chi connectivity index (χ4v) is 3.38. The van der Waals surface area contributed by atoms with Crippen LogP contribution in [-0.2, 0) is 11.2 Å². The third kappa shape index (κ3) is 4.27. The van der Waals surface area contributed by atoms with Gasteiger partial charge in [0.1, 0.15) is 0 Å². The normalized spacial score (nSPS) is 14.6. The molecule has 0 amide bonds. The van der Waals surface area contributed by atoms with Crippen LogP contribution in [0.4, 0.5) is 0 Å². The van der Waals surface area contributed by atoms with Gasteiger partial charge in [-0.3, -0.25) is 0 Å². The Hall–Kier alpha value is -0.970. The largest absolute Gasteiger partial charge is 0.382 e. The lowest BCUT2D eigenvalue weighted by Crippen LogP contribution is -2.31. The Bertz CT molecular complexity index is 493. The van der Waals surface area contributed by atoms with Gasteiger partial charge in [0.05, 0.1) is 21.3 Å². The first-order valence-corrected chi connectivity index (χ1v) is 8.15. The molecule has 3 nitrogen and oxygen atoms in total. The number of nitrogens with one attached hydrogen (secondary N) is 1. The van der Waals surface area contributed by atoms with Gasteiger partial charge < -0.3 is 10.1 Å². The number of para-hydroxylation sites is 1. The van der Waals surface area contributed by atoms with Crippen LogP contribution in [0.2, 0.25) is 0 Å². The van der Waals surface area contributed by atoms with Crippen molar-refractivity contribution in [3.05, 3.63) is 29.3 Å². The summed E-state index contributed by atoms with van der Waals surface area (Å²) < 4.78 is 6.62. The summed E-state index contributed by atoms with van der Waals surface area (Å²) in [4.78, 5) is 4.73. The summed E-state index contributed by atoms with van der Waals surface area (Å²) in [6, 6.07) is 8.84. The van der Waals surface area contributed by atoms with Crippen molar-refractivity contribution in [2.45, 2.75) is 45.3 Å². The van der Waals surface area contributed by atoms with E-state index in [1.807, 2.05) is 17.4 Å². The monoisotopic (exact) mass is 292 g/mol. The van der Waals surface area contributed by atoms with Gasteiger partial charge >= 0.3 is 0 Å². The van der Waals surface area contributed by atoms with Gasteiger partial charge in [-0.1, -0.05) is 19.1 Å². The highest BCUT2D eigenvalue weighted by atomic mass is 32.1. The molecule has 0 saturated carbocycles. The van der Waals surface area contributed by atoms with Crippen LogP contribution in [0.3, 0.4) is 0 Å². The zero-order valence-corrected chi connectivity index (χ0v) is 13.4. The minimum atomic E-state index is 0.325. The molecule has 1 aromatic heterocycles. The van der Waals surface area contributed by atoms with Crippen molar-refractivity contribution in [1.82, 2.24) is 10.3 Å². The number of nitrogens with zero attached hydrogens (tertiary/aromatic N) is 1. The van der Waals surface area contributed by atoms with Gasteiger partial charge in [-0.05, 0) is 38.4 Å². The van der Waals surface area contributed by atoms with E-state index in [0.717, 1.165) is 31.3 Å². The molecule has 0 bridgehead atoms. The standard InChI is InChI=1S/C16H24N2OS/c1-4-17-13(10-9-12(2)19-3)11-16-18-14-7-5-6-8-15(14)20-16/h5-8,12-13,17H,4,9-11H2,1-3H3. The summed E-state index contributed by atoms with van der Waals surface area (Å²) in [5, 5.41) is 4.79. The summed E-state index contributed by atoms with van der Waals surface area (Å²) in [5.41, 5.74) is 1.12. The Labute approximate surface area is 125 Å². The lowest BCUT2D eigenvalue weighted by molar-refractivity contribution is 0.106. The lowest BCUT2D eigenvalue weighted by atomic mass is 10.1. The molecule has 1 heterocycles. The summed E-state index contributed by atoms with van der Waals surface area (Å²) in [7, 11) is 1.78. The van der Waals surface area contributed by atoms with Gasteiger partial charge in [-0.15, -0.1) is 11.3 Å². The Morgan fingerprint density at radius 2 is 2.10 bits per heavy atom. The minimum Gasteiger partial charge on any atom is -0.382 e. The molecule has 0 aliphatic rings. The van der Waals surface area contributed by atoms with Gasteiger partial charge in [-0.25, -0.2) is 4.98 Å². The Balaban J connectivity index is 1.99. The van der Waals surface area contributed by atoms with E-state index in [1.165, 1.54) is 9.71 Å². The van der Waals surface area contributed by atoms with Gasteiger partial charge in [0.2, 0.25) is 0 Å². The highest BCUT2D eigenvalue weighted by Gasteiger charge is 2.13. The van der Waals surface area contributed by atoms with Crippen LogP contribution in [0, 0.1) is 0 Å². The number of ether oxygens (including phenoxy) is 1. The quantitative estimate of drug-likeness (QED) is 0.806. The number of aromatic nitrogens is 1. The molecule has 0 aliphatic carbocycles. The summed E-state index contributed by atoms with van der Waals surface area (Å²) in [6.07, 6.45) is 3.54. The SMILES string of the molecule is CCNC(CCC(C)OC)Cc1nc2ccccc2s1. The van der Waals surface area contributed by atoms with Crippen molar-refractivity contribution < 1.29 is 4.74 Å². The molecule has 2 unspecified atom stereocenters. The van der Waals surface area contributed by atoms with Crippen molar-refractivity contribution in [3.8, 4) is 0 Å². The van der Waals surface area contributed by atoms with E-state index < -0.39 is 0 Å². The molecule has 1 N–H and O–H groups in total. The fraction of sp³-hybridized carbons (Fsp3) is 0.562. The summed E-state index contributed by atoms with van der Waals surface area (Å²) in [5.74, 6) is 0. The number of benzene rings is 1. The predicted molar refractivity (Wildman–Crippen MR) is 86.5 cm³/mol. The van der Waals surface area contributed by atoms with Gasteiger partial charge in [-0.2, -0.15) is 0 Å². The average molecular weight is 292 g/mol. The molecular formula is C16H24N2OS. The van der Waals surface area contributed by atoms with Crippen LogP contribution in [0.15, 0.2) is 24.3 Å². The van der Waals surface area contributed by atoms with Crippen LogP contribution in [-0.4, -0.2) is 30.8 Å². The van der Waals surface area contributed by atoms with Crippen LogP contribution in [0.5, 0.6) is 0 Å². The van der Waals surface area contributed by atoms with Gasteiger partial charge in [0, 0.05) is 19.6 Å². The molecule has 0 spiro atoms. The topological polar surface area (TPSA) is 34.1 Å². The van der Waals surface area contributed by atoms with Crippen molar-refractivity contribution in [2.24, 2.45) is 0 Å². The fourth-order valence-electron chi connectivity index (χ4n) is 2.34. The number of rotatable bonds is 8. The van der Waals surface area contributed by atoms with E-state index in [4.69, 9.17) is 9.72 Å². The maximum absolute atomic E-state index is 5.34. The highest BCUT2D eigenvalue weighted by molar-refractivity contribution is 7.18. The molecule has 1 aromatic carbocycles. The first-order valence-electron chi connectivity index (χ1n) is 7.33. The van der Waals surface area contributed by atoms with Crippen molar-refractivity contribution in [2.75, 3.05) is 13.7 Å². The number of hydrogen-bond donors (Lipinski definition) is 1. The molecule has 0 radical (unpaired) electrons. The zero-order valence-electron chi connectivity index (χ0n) is 12.6.